The highest BCUT2D eigenvalue weighted by Gasteiger charge is 2.28. The molecule has 100 valence electrons. The van der Waals surface area contributed by atoms with E-state index in [-0.39, 0.29) is 12.4 Å². The lowest BCUT2D eigenvalue weighted by molar-refractivity contribution is 1.10. The van der Waals surface area contributed by atoms with Crippen molar-refractivity contribution in [2.45, 2.75) is 12.8 Å². The standard InChI is InChI=1S/C14H12Cl2N2.ClH/c15-11-3-4-12(14(16)7-11)13(10-1-2-10)8-18-6-5-17-9-18;/h3-10H,1-2H2;1H. The van der Waals surface area contributed by atoms with Crippen LogP contribution in [0.15, 0.2) is 36.9 Å². The van der Waals surface area contributed by atoms with Crippen molar-refractivity contribution in [2.24, 2.45) is 5.92 Å². The Kier molecular flexibility index (Phi) is 4.56. The monoisotopic (exact) mass is 314 g/mol. The van der Waals surface area contributed by atoms with E-state index in [0.717, 1.165) is 5.56 Å². The van der Waals surface area contributed by atoms with Crippen molar-refractivity contribution < 1.29 is 0 Å². The van der Waals surface area contributed by atoms with Crippen LogP contribution in [0.5, 0.6) is 0 Å². The predicted molar refractivity (Wildman–Crippen MR) is 82.8 cm³/mol. The molecule has 0 spiro atoms. The van der Waals surface area contributed by atoms with Gasteiger partial charge in [-0.05, 0) is 42.0 Å². The van der Waals surface area contributed by atoms with Gasteiger partial charge in [-0.3, -0.25) is 0 Å². The number of aromatic nitrogens is 2. The number of rotatable bonds is 3. The molecule has 1 fully saturated rings. The molecule has 0 amide bonds. The molecule has 1 aliphatic rings. The van der Waals surface area contributed by atoms with Crippen molar-refractivity contribution in [3.8, 4) is 0 Å². The van der Waals surface area contributed by atoms with Crippen LogP contribution in [0.25, 0.3) is 11.8 Å². The maximum Gasteiger partial charge on any atom is 0.0986 e. The minimum Gasteiger partial charge on any atom is -0.313 e. The Bertz CT molecular complexity index is 587. The SMILES string of the molecule is Cl.Clc1ccc(C(=Cn2ccnc2)C2CC2)c(Cl)c1. The summed E-state index contributed by atoms with van der Waals surface area (Å²) in [6, 6.07) is 5.67. The van der Waals surface area contributed by atoms with Crippen molar-refractivity contribution in [1.82, 2.24) is 9.55 Å². The molecule has 0 saturated heterocycles. The summed E-state index contributed by atoms with van der Waals surface area (Å²) in [5, 5.41) is 1.38. The van der Waals surface area contributed by atoms with Gasteiger partial charge in [0.25, 0.3) is 0 Å². The molecule has 1 aromatic carbocycles. The van der Waals surface area contributed by atoms with Gasteiger partial charge in [-0.25, -0.2) is 4.98 Å². The molecule has 0 bridgehead atoms. The van der Waals surface area contributed by atoms with Gasteiger partial charge >= 0.3 is 0 Å². The van der Waals surface area contributed by atoms with Gasteiger partial charge in [0.05, 0.1) is 6.33 Å². The second-order valence-corrected chi connectivity index (χ2v) is 5.34. The minimum atomic E-state index is 0. The maximum atomic E-state index is 6.29. The highest BCUT2D eigenvalue weighted by molar-refractivity contribution is 6.35. The van der Waals surface area contributed by atoms with E-state index in [1.54, 1.807) is 18.6 Å². The molecule has 1 heterocycles. The quantitative estimate of drug-likeness (QED) is 0.777. The van der Waals surface area contributed by atoms with Crippen LogP contribution in [0.3, 0.4) is 0 Å². The summed E-state index contributed by atoms with van der Waals surface area (Å²) < 4.78 is 1.96. The highest BCUT2D eigenvalue weighted by atomic mass is 35.5. The Labute approximate surface area is 128 Å². The lowest BCUT2D eigenvalue weighted by Crippen LogP contribution is -1.92. The van der Waals surface area contributed by atoms with Gasteiger partial charge in [0.15, 0.2) is 0 Å². The van der Waals surface area contributed by atoms with Gasteiger partial charge in [-0.2, -0.15) is 0 Å². The first kappa shape index (κ1) is 14.4. The van der Waals surface area contributed by atoms with Gasteiger partial charge < -0.3 is 4.57 Å². The van der Waals surface area contributed by atoms with Crippen LogP contribution in [0.4, 0.5) is 0 Å². The van der Waals surface area contributed by atoms with Crippen LogP contribution in [0.1, 0.15) is 18.4 Å². The smallest absolute Gasteiger partial charge is 0.0986 e. The topological polar surface area (TPSA) is 17.8 Å². The van der Waals surface area contributed by atoms with Gasteiger partial charge in [-0.1, -0.05) is 29.3 Å². The molecule has 0 N–H and O–H groups in total. The summed E-state index contributed by atoms with van der Waals surface area (Å²) in [7, 11) is 0. The second kappa shape index (κ2) is 6.00. The molecule has 2 aromatic rings. The van der Waals surface area contributed by atoms with Crippen molar-refractivity contribution in [1.29, 1.82) is 0 Å². The Morgan fingerprint density at radius 3 is 2.68 bits per heavy atom. The molecule has 0 atom stereocenters. The van der Waals surface area contributed by atoms with E-state index in [9.17, 15) is 0 Å². The Morgan fingerprint density at radius 2 is 2.11 bits per heavy atom. The van der Waals surface area contributed by atoms with Crippen LogP contribution in [-0.2, 0) is 0 Å². The number of allylic oxidation sites excluding steroid dienone is 1. The molecule has 1 saturated carbocycles. The Morgan fingerprint density at radius 1 is 1.32 bits per heavy atom. The molecular weight excluding hydrogens is 303 g/mol. The average molecular weight is 316 g/mol. The third-order valence-corrected chi connectivity index (χ3v) is 3.62. The van der Waals surface area contributed by atoms with Crippen LogP contribution in [0, 0.1) is 5.92 Å². The van der Waals surface area contributed by atoms with Gasteiger partial charge in [0, 0.05) is 28.6 Å². The van der Waals surface area contributed by atoms with E-state index in [4.69, 9.17) is 23.2 Å². The largest absolute Gasteiger partial charge is 0.313 e. The van der Waals surface area contributed by atoms with Gasteiger partial charge in [-0.15, -0.1) is 12.4 Å². The maximum absolute atomic E-state index is 6.29. The van der Waals surface area contributed by atoms with E-state index >= 15 is 0 Å². The molecule has 0 aliphatic heterocycles. The Hall–Kier alpha value is -0.960. The van der Waals surface area contributed by atoms with Crippen molar-refractivity contribution >= 4 is 47.4 Å². The molecule has 1 aliphatic carbocycles. The molecule has 5 heteroatoms. The van der Waals surface area contributed by atoms with E-state index in [0.29, 0.717) is 16.0 Å². The second-order valence-electron chi connectivity index (χ2n) is 4.49. The Balaban J connectivity index is 0.00000133. The first-order valence-electron chi connectivity index (χ1n) is 5.88. The average Bonchev–Trinajstić information content (AvgIpc) is 3.05. The fourth-order valence-electron chi connectivity index (χ4n) is 2.02. The van der Waals surface area contributed by atoms with E-state index in [2.05, 4.69) is 11.2 Å². The third kappa shape index (κ3) is 3.33. The number of nitrogens with zero attached hydrogens (tertiary/aromatic N) is 2. The zero-order chi connectivity index (χ0) is 12.5. The van der Waals surface area contributed by atoms with Gasteiger partial charge in [0.1, 0.15) is 0 Å². The van der Waals surface area contributed by atoms with Crippen LogP contribution in [0.2, 0.25) is 10.0 Å². The van der Waals surface area contributed by atoms with Gasteiger partial charge in [0.2, 0.25) is 0 Å². The zero-order valence-corrected chi connectivity index (χ0v) is 12.4. The molecule has 1 aromatic heterocycles. The summed E-state index contributed by atoms with van der Waals surface area (Å²) in [4.78, 5) is 4.05. The van der Waals surface area contributed by atoms with E-state index < -0.39 is 0 Å². The summed E-state index contributed by atoms with van der Waals surface area (Å²) in [5.74, 6) is 0.603. The molecule has 2 nitrogen and oxygen atoms in total. The summed E-state index contributed by atoms with van der Waals surface area (Å²) >= 11 is 12.2. The fraction of sp³-hybridized carbons (Fsp3) is 0.214. The van der Waals surface area contributed by atoms with Crippen molar-refractivity contribution in [2.75, 3.05) is 0 Å². The zero-order valence-electron chi connectivity index (χ0n) is 10.1. The molecule has 0 unspecified atom stereocenters. The molecule has 19 heavy (non-hydrogen) atoms. The first-order valence-corrected chi connectivity index (χ1v) is 6.64. The third-order valence-electron chi connectivity index (χ3n) is 3.07. The molecule has 0 radical (unpaired) electrons. The fourth-order valence-corrected chi connectivity index (χ4v) is 2.54. The van der Waals surface area contributed by atoms with Crippen LogP contribution < -0.4 is 0 Å². The van der Waals surface area contributed by atoms with Crippen molar-refractivity contribution in [3.63, 3.8) is 0 Å². The number of imidazole rings is 1. The lowest BCUT2D eigenvalue weighted by Gasteiger charge is -2.09. The summed E-state index contributed by atoms with van der Waals surface area (Å²) in [6.45, 7) is 0. The minimum absolute atomic E-state index is 0. The van der Waals surface area contributed by atoms with E-state index in [1.165, 1.54) is 18.4 Å². The summed E-state index contributed by atoms with van der Waals surface area (Å²) in [6.07, 6.45) is 10.0. The predicted octanol–water partition coefficient (Wildman–Crippen LogP) is 5.02. The number of hydrogen-bond donors (Lipinski definition) is 0. The van der Waals surface area contributed by atoms with Crippen molar-refractivity contribution in [3.05, 3.63) is 52.5 Å². The molecule has 3 rings (SSSR count). The molecular formula is C14H13Cl3N2. The highest BCUT2D eigenvalue weighted by Crippen LogP contribution is 2.44. The van der Waals surface area contributed by atoms with E-state index in [1.807, 2.05) is 22.9 Å². The number of benzene rings is 1. The summed E-state index contributed by atoms with van der Waals surface area (Å²) in [5.41, 5.74) is 2.33. The first-order chi connectivity index (χ1) is 8.74. The normalized spacial score (nSPS) is 15.2. The number of halogens is 3. The lowest BCUT2D eigenvalue weighted by atomic mass is 10.0. The number of hydrogen-bond acceptors (Lipinski definition) is 1. The van der Waals surface area contributed by atoms with Crippen LogP contribution >= 0.6 is 35.6 Å². The van der Waals surface area contributed by atoms with Crippen LogP contribution in [-0.4, -0.2) is 9.55 Å².